The van der Waals surface area contributed by atoms with Gasteiger partial charge in [0, 0.05) is 6.54 Å². The van der Waals surface area contributed by atoms with Crippen molar-refractivity contribution in [3.63, 3.8) is 0 Å². The molecule has 0 aromatic heterocycles. The van der Waals surface area contributed by atoms with Crippen molar-refractivity contribution in [1.82, 2.24) is 5.32 Å². The molecule has 0 radical (unpaired) electrons. The molecule has 7 heteroatoms. The highest BCUT2D eigenvalue weighted by atomic mass is 19.3. The summed E-state index contributed by atoms with van der Waals surface area (Å²) in [6.45, 7) is -1.55. The summed E-state index contributed by atoms with van der Waals surface area (Å²) in [5.41, 5.74) is 0. The zero-order valence-electron chi connectivity index (χ0n) is 7.43. The molecule has 14 heavy (non-hydrogen) atoms. The average Bonchev–Trinajstić information content (AvgIpc) is 2.10. The highest BCUT2D eigenvalue weighted by Gasteiger charge is 2.37. The van der Waals surface area contributed by atoms with E-state index < -0.39 is 25.1 Å². The van der Waals surface area contributed by atoms with Crippen molar-refractivity contribution in [3.05, 3.63) is 0 Å². The second-order valence-corrected chi connectivity index (χ2v) is 2.49. The largest absolute Gasteiger partial charge is 0.477 e. The average molecular weight is 215 g/mol. The lowest BCUT2D eigenvalue weighted by Gasteiger charge is -2.11. The molecule has 0 aliphatic heterocycles. The van der Waals surface area contributed by atoms with Crippen LogP contribution in [0, 0.1) is 0 Å². The second-order valence-electron chi connectivity index (χ2n) is 2.49. The SMILES string of the molecule is O=C(O)C(F)(F)CNCCOCCF. The molecule has 0 spiro atoms. The van der Waals surface area contributed by atoms with Gasteiger partial charge in [-0.05, 0) is 0 Å². The summed E-state index contributed by atoms with van der Waals surface area (Å²) in [7, 11) is 0. The molecule has 0 saturated heterocycles. The smallest absolute Gasteiger partial charge is 0.375 e. The first-order chi connectivity index (χ1) is 6.50. The minimum Gasteiger partial charge on any atom is -0.477 e. The fourth-order valence-corrected chi connectivity index (χ4v) is 0.622. The Hall–Kier alpha value is -0.820. The number of carbonyl (C=O) groups is 1. The van der Waals surface area contributed by atoms with Gasteiger partial charge in [0.2, 0.25) is 0 Å². The zero-order chi connectivity index (χ0) is 11.0. The van der Waals surface area contributed by atoms with Gasteiger partial charge in [0.05, 0.1) is 19.8 Å². The highest BCUT2D eigenvalue weighted by molar-refractivity contribution is 5.75. The van der Waals surface area contributed by atoms with Crippen LogP contribution >= 0.6 is 0 Å². The van der Waals surface area contributed by atoms with E-state index in [1.165, 1.54) is 0 Å². The van der Waals surface area contributed by atoms with E-state index >= 15 is 0 Å². The Balaban J connectivity index is 3.40. The molecular formula is C7H12F3NO3. The molecule has 0 unspecified atom stereocenters. The minimum absolute atomic E-state index is 0.0584. The van der Waals surface area contributed by atoms with Gasteiger partial charge in [-0.3, -0.25) is 0 Å². The van der Waals surface area contributed by atoms with Gasteiger partial charge in [0.1, 0.15) is 6.67 Å². The van der Waals surface area contributed by atoms with E-state index in [9.17, 15) is 18.0 Å². The number of carboxylic acids is 1. The van der Waals surface area contributed by atoms with Crippen LogP contribution < -0.4 is 5.32 Å². The number of ether oxygens (including phenoxy) is 1. The summed E-state index contributed by atoms with van der Waals surface area (Å²) in [5.74, 6) is -5.95. The number of hydrogen-bond acceptors (Lipinski definition) is 3. The third kappa shape index (κ3) is 5.76. The van der Waals surface area contributed by atoms with Crippen LogP contribution in [-0.4, -0.2) is 50.0 Å². The monoisotopic (exact) mass is 215 g/mol. The van der Waals surface area contributed by atoms with Crippen molar-refractivity contribution in [1.29, 1.82) is 0 Å². The van der Waals surface area contributed by atoms with Crippen LogP contribution in [0.3, 0.4) is 0 Å². The van der Waals surface area contributed by atoms with Crippen LogP contribution in [0.1, 0.15) is 0 Å². The Bertz CT molecular complexity index is 178. The Kier molecular flexibility index (Phi) is 6.22. The zero-order valence-corrected chi connectivity index (χ0v) is 7.43. The molecule has 0 amide bonds. The Morgan fingerprint density at radius 2 is 2.07 bits per heavy atom. The predicted molar refractivity (Wildman–Crippen MR) is 42.2 cm³/mol. The van der Waals surface area contributed by atoms with Crippen LogP contribution in [0.25, 0.3) is 0 Å². The first kappa shape index (κ1) is 13.2. The lowest BCUT2D eigenvalue weighted by atomic mass is 10.3. The maximum atomic E-state index is 12.4. The molecule has 0 aliphatic rings. The third-order valence-electron chi connectivity index (χ3n) is 1.30. The lowest BCUT2D eigenvalue weighted by molar-refractivity contribution is -0.164. The molecule has 0 rings (SSSR count). The number of alkyl halides is 3. The number of nitrogens with one attached hydrogen (secondary N) is 1. The summed E-state index contributed by atoms with van der Waals surface area (Å²) in [5, 5.41) is 10.2. The molecule has 0 fully saturated rings. The summed E-state index contributed by atoms with van der Waals surface area (Å²) in [6.07, 6.45) is 0. The van der Waals surface area contributed by atoms with Crippen LogP contribution in [-0.2, 0) is 9.53 Å². The van der Waals surface area contributed by atoms with E-state index in [1.807, 2.05) is 0 Å². The molecular weight excluding hydrogens is 203 g/mol. The van der Waals surface area contributed by atoms with E-state index in [-0.39, 0.29) is 19.8 Å². The Morgan fingerprint density at radius 3 is 2.57 bits per heavy atom. The number of halogens is 3. The summed E-state index contributed by atoms with van der Waals surface area (Å²) >= 11 is 0. The Labute approximate surface area is 79.0 Å². The number of rotatable bonds is 8. The normalized spacial score (nSPS) is 11.6. The summed E-state index contributed by atoms with van der Waals surface area (Å²) in [4.78, 5) is 9.92. The molecule has 84 valence electrons. The first-order valence-corrected chi connectivity index (χ1v) is 3.96. The standard InChI is InChI=1S/C7H12F3NO3/c8-1-3-14-4-2-11-5-7(9,10)6(12)13/h11H,1-5H2,(H,12,13). The molecule has 0 aromatic carbocycles. The van der Waals surface area contributed by atoms with Crippen molar-refractivity contribution in [2.45, 2.75) is 5.92 Å². The highest BCUT2D eigenvalue weighted by Crippen LogP contribution is 2.10. The van der Waals surface area contributed by atoms with Gasteiger partial charge < -0.3 is 15.2 Å². The maximum absolute atomic E-state index is 12.4. The minimum atomic E-state index is -3.78. The molecule has 0 heterocycles. The first-order valence-electron chi connectivity index (χ1n) is 3.96. The van der Waals surface area contributed by atoms with Crippen molar-refractivity contribution in [2.75, 3.05) is 33.0 Å². The van der Waals surface area contributed by atoms with Gasteiger partial charge in [-0.1, -0.05) is 0 Å². The lowest BCUT2D eigenvalue weighted by Crippen LogP contribution is -2.40. The topological polar surface area (TPSA) is 58.6 Å². The van der Waals surface area contributed by atoms with Gasteiger partial charge >= 0.3 is 11.9 Å². The van der Waals surface area contributed by atoms with Crippen LogP contribution in [0.4, 0.5) is 13.2 Å². The van der Waals surface area contributed by atoms with E-state index in [0.29, 0.717) is 0 Å². The number of hydrogen-bond donors (Lipinski definition) is 2. The third-order valence-corrected chi connectivity index (χ3v) is 1.30. The molecule has 0 bridgehead atoms. The van der Waals surface area contributed by atoms with Crippen LogP contribution in [0.5, 0.6) is 0 Å². The second kappa shape index (κ2) is 6.61. The summed E-state index contributed by atoms with van der Waals surface area (Å²) in [6, 6.07) is 0. The number of carboxylic acid groups (broad SMARTS) is 1. The van der Waals surface area contributed by atoms with E-state index in [0.717, 1.165) is 0 Å². The van der Waals surface area contributed by atoms with E-state index in [2.05, 4.69) is 10.1 Å². The molecule has 4 nitrogen and oxygen atoms in total. The van der Waals surface area contributed by atoms with Gasteiger partial charge in [0.15, 0.2) is 0 Å². The van der Waals surface area contributed by atoms with Crippen LogP contribution in [0.15, 0.2) is 0 Å². The molecule has 0 saturated carbocycles. The van der Waals surface area contributed by atoms with Gasteiger partial charge in [-0.25, -0.2) is 9.18 Å². The van der Waals surface area contributed by atoms with Crippen molar-refractivity contribution in [2.24, 2.45) is 0 Å². The quantitative estimate of drug-likeness (QED) is 0.571. The van der Waals surface area contributed by atoms with Crippen molar-refractivity contribution < 1.29 is 27.8 Å². The maximum Gasteiger partial charge on any atom is 0.375 e. The molecule has 0 atom stereocenters. The van der Waals surface area contributed by atoms with Crippen molar-refractivity contribution in [3.8, 4) is 0 Å². The molecule has 0 aliphatic carbocycles. The fourth-order valence-electron chi connectivity index (χ4n) is 0.622. The predicted octanol–water partition coefficient (Wildman–Crippen LogP) is 0.282. The fraction of sp³-hybridized carbons (Fsp3) is 0.857. The van der Waals surface area contributed by atoms with Gasteiger partial charge in [0.25, 0.3) is 0 Å². The van der Waals surface area contributed by atoms with Gasteiger partial charge in [-0.2, -0.15) is 8.78 Å². The molecule has 2 N–H and O–H groups in total. The van der Waals surface area contributed by atoms with E-state index in [1.54, 1.807) is 0 Å². The Morgan fingerprint density at radius 1 is 1.43 bits per heavy atom. The van der Waals surface area contributed by atoms with E-state index in [4.69, 9.17) is 5.11 Å². The number of aliphatic carboxylic acids is 1. The van der Waals surface area contributed by atoms with Crippen LogP contribution in [0.2, 0.25) is 0 Å². The van der Waals surface area contributed by atoms with Crippen molar-refractivity contribution >= 4 is 5.97 Å². The molecule has 0 aromatic rings. The summed E-state index contributed by atoms with van der Waals surface area (Å²) < 4.78 is 40.8. The van der Waals surface area contributed by atoms with Gasteiger partial charge in [-0.15, -0.1) is 0 Å².